The van der Waals surface area contributed by atoms with Crippen LogP contribution in [0.15, 0.2) is 107 Å². The number of carbonyl (C=O) groups is 1. The van der Waals surface area contributed by atoms with Gasteiger partial charge in [-0.2, -0.15) is 13.2 Å². The molecule has 0 saturated carbocycles. The number of piperidine rings is 1. The zero-order chi connectivity index (χ0) is 40.4. The molecule has 0 radical (unpaired) electrons. The maximum Gasteiger partial charge on any atom is 0.416 e. The highest BCUT2D eigenvalue weighted by atomic mass is 32.2. The predicted octanol–water partition coefficient (Wildman–Crippen LogP) is 8.96. The summed E-state index contributed by atoms with van der Waals surface area (Å²) in [6.45, 7) is 0.827. The van der Waals surface area contributed by atoms with Gasteiger partial charge in [0.1, 0.15) is 6.50 Å². The van der Waals surface area contributed by atoms with E-state index in [4.69, 9.17) is 4.74 Å². The van der Waals surface area contributed by atoms with E-state index in [1.165, 1.54) is 54.3 Å². The molecular formula is C41H40F5N3O3S. The molecule has 5 aromatic rings. The molecule has 1 aromatic heterocycles. The number of benzene rings is 4. The van der Waals surface area contributed by atoms with Gasteiger partial charge >= 0.3 is 6.18 Å². The van der Waals surface area contributed by atoms with E-state index in [1.807, 2.05) is 0 Å². The largest absolute Gasteiger partial charge is 0.416 e. The number of hydrogen-bond acceptors (Lipinski definition) is 5. The van der Waals surface area contributed by atoms with Gasteiger partial charge in [-0.1, -0.05) is 60.7 Å². The highest BCUT2D eigenvalue weighted by molar-refractivity contribution is 7.98. The molecule has 6 rings (SSSR count). The van der Waals surface area contributed by atoms with Crippen molar-refractivity contribution in [2.24, 2.45) is 0 Å². The quantitative estimate of drug-likeness (QED) is 0.0942. The lowest BCUT2D eigenvalue weighted by molar-refractivity contribution is -0.138. The van der Waals surface area contributed by atoms with E-state index in [1.54, 1.807) is 43.5 Å². The summed E-state index contributed by atoms with van der Waals surface area (Å²) in [4.78, 5) is 31.8. The Labute approximate surface area is 313 Å². The van der Waals surface area contributed by atoms with Crippen molar-refractivity contribution >= 4 is 28.6 Å². The number of para-hydroxylation sites is 1. The second kappa shape index (κ2) is 16.7. The molecule has 0 spiro atoms. The van der Waals surface area contributed by atoms with Crippen LogP contribution in [0.5, 0.6) is 0 Å². The Balaban J connectivity index is 1.41. The van der Waals surface area contributed by atoms with E-state index >= 15 is 4.79 Å². The second-order valence-corrected chi connectivity index (χ2v) is 13.8. The molecule has 1 amide bonds. The smallest absolute Gasteiger partial charge is 0.383 e. The van der Waals surface area contributed by atoms with Gasteiger partial charge in [-0.05, 0) is 66.8 Å². The molecule has 1 fully saturated rings. The van der Waals surface area contributed by atoms with Crippen LogP contribution in [0.3, 0.4) is 0 Å². The van der Waals surface area contributed by atoms with Gasteiger partial charge < -0.3 is 19.1 Å². The molecule has 278 valence electrons. The molecule has 53 heavy (non-hydrogen) atoms. The van der Waals surface area contributed by atoms with E-state index in [0.29, 0.717) is 55.8 Å². The molecule has 2 heterocycles. The first-order valence-corrected chi connectivity index (χ1v) is 18.1. The molecule has 0 bridgehead atoms. The summed E-state index contributed by atoms with van der Waals surface area (Å²) < 4.78 is 104. The van der Waals surface area contributed by atoms with Crippen LogP contribution >= 0.6 is 11.8 Å². The lowest BCUT2D eigenvalue weighted by atomic mass is 9.96. The number of aromatic nitrogens is 1. The van der Waals surface area contributed by atoms with Crippen LogP contribution in [0.25, 0.3) is 22.0 Å². The number of rotatable bonds is 12. The standard InChI is InChI=1S/C41H40F5N3O3S/c1-27(28-10-12-29(13-11-28)30-14-16-32(17-15-30)41(44,45)46)49(33-18-20-47(21-19-33)22-23-52-2)38(51)25-48-36-9-4-3-7-34(36)37(50)24-39(48)53-26-31-6-5-8-35(42)40(31)43/h3-17,24,27,33H,18-23,25-26H2,1-2H3/i25D2,27D. The summed E-state index contributed by atoms with van der Waals surface area (Å²) in [7, 11) is 1.60. The summed E-state index contributed by atoms with van der Waals surface area (Å²) in [5, 5.41) is 0.133. The van der Waals surface area contributed by atoms with Gasteiger partial charge in [0, 0.05) is 55.6 Å². The summed E-state index contributed by atoms with van der Waals surface area (Å²) in [5.74, 6) is -3.37. The number of likely N-dealkylation sites (tertiary alicyclic amines) is 1. The zero-order valence-corrected chi connectivity index (χ0v) is 29.9. The molecule has 0 aliphatic carbocycles. The third kappa shape index (κ3) is 8.83. The number of hydrogen-bond donors (Lipinski definition) is 0. The SMILES string of the molecule is [2H]C(C)(c1ccc(-c2ccc(C(F)(F)F)cc2)cc1)N(C(=O)C([2H])([2H])n1c(SCc2cccc(F)c2F)cc(=O)c2ccccc21)C1CCN(CCOC)CC1. The number of halogens is 5. The number of nitrogens with zero attached hydrogens (tertiary/aromatic N) is 3. The minimum atomic E-state index is -4.49. The fourth-order valence-corrected chi connectivity index (χ4v) is 7.53. The lowest BCUT2D eigenvalue weighted by Crippen LogP contribution is -2.49. The highest BCUT2D eigenvalue weighted by Gasteiger charge is 2.33. The number of fused-ring (bicyclic) bond motifs is 1. The molecule has 1 saturated heterocycles. The van der Waals surface area contributed by atoms with E-state index in [-0.39, 0.29) is 27.2 Å². The number of methoxy groups -OCH3 is 1. The maximum absolute atomic E-state index is 15.1. The number of carbonyl (C=O) groups excluding carboxylic acids is 1. The molecule has 1 atom stereocenters. The Morgan fingerprint density at radius 3 is 2.30 bits per heavy atom. The maximum atomic E-state index is 15.1. The molecule has 1 unspecified atom stereocenters. The van der Waals surface area contributed by atoms with E-state index in [9.17, 15) is 30.9 Å². The zero-order valence-electron chi connectivity index (χ0n) is 32.1. The summed E-state index contributed by atoms with van der Waals surface area (Å²) >= 11 is 0.875. The highest BCUT2D eigenvalue weighted by Crippen LogP contribution is 2.34. The Morgan fingerprint density at radius 2 is 1.64 bits per heavy atom. The molecule has 6 nitrogen and oxygen atoms in total. The van der Waals surface area contributed by atoms with Crippen LogP contribution in [0.1, 0.15) is 46.6 Å². The number of amides is 1. The van der Waals surface area contributed by atoms with Gasteiger partial charge in [-0.25, -0.2) is 8.78 Å². The van der Waals surface area contributed by atoms with Crippen LogP contribution in [-0.4, -0.2) is 59.7 Å². The Bertz CT molecular complexity index is 2240. The van der Waals surface area contributed by atoms with Crippen molar-refractivity contribution in [3.63, 3.8) is 0 Å². The van der Waals surface area contributed by atoms with Crippen LogP contribution in [0.2, 0.25) is 0 Å². The Morgan fingerprint density at radius 1 is 0.981 bits per heavy atom. The van der Waals surface area contributed by atoms with E-state index in [2.05, 4.69) is 4.90 Å². The fraction of sp³-hybridized carbons (Fsp3) is 0.317. The first-order chi connectivity index (χ1) is 26.5. The Hall–Kier alpha value is -4.52. The van der Waals surface area contributed by atoms with E-state index < -0.39 is 53.3 Å². The van der Waals surface area contributed by atoms with Crippen LogP contribution in [-0.2, 0) is 28.0 Å². The molecule has 12 heteroatoms. The molecule has 1 aliphatic heterocycles. The molecule has 4 aromatic carbocycles. The van der Waals surface area contributed by atoms with Gasteiger partial charge in [0.25, 0.3) is 0 Å². The number of thioether (sulfide) groups is 1. The van der Waals surface area contributed by atoms with Crippen molar-refractivity contribution < 1.29 is 35.6 Å². The van der Waals surface area contributed by atoms with Gasteiger partial charge in [-0.3, -0.25) is 9.59 Å². The van der Waals surface area contributed by atoms with Crippen molar-refractivity contribution in [2.75, 3.05) is 33.4 Å². The summed E-state index contributed by atoms with van der Waals surface area (Å²) in [6.07, 6.45) is -3.67. The number of pyridine rings is 1. The minimum Gasteiger partial charge on any atom is -0.383 e. The monoisotopic (exact) mass is 752 g/mol. The topological polar surface area (TPSA) is 54.8 Å². The van der Waals surface area contributed by atoms with Gasteiger partial charge in [0.15, 0.2) is 17.1 Å². The van der Waals surface area contributed by atoms with Crippen molar-refractivity contribution in [1.29, 1.82) is 0 Å². The van der Waals surface area contributed by atoms with Crippen molar-refractivity contribution in [3.8, 4) is 11.1 Å². The van der Waals surface area contributed by atoms with Crippen LogP contribution < -0.4 is 5.43 Å². The van der Waals surface area contributed by atoms with Gasteiger partial charge in [0.2, 0.25) is 5.91 Å². The first kappa shape index (κ1) is 34.3. The summed E-state index contributed by atoms with van der Waals surface area (Å²) in [6, 6.07) is 19.8. The average Bonchev–Trinajstić information content (AvgIpc) is 3.18. The Kier molecular flexibility index (Phi) is 10.8. The minimum absolute atomic E-state index is 0.00220. The van der Waals surface area contributed by atoms with Crippen LogP contribution in [0.4, 0.5) is 22.0 Å². The second-order valence-electron chi connectivity index (χ2n) is 12.8. The van der Waals surface area contributed by atoms with Gasteiger partial charge in [0.05, 0.1) is 32.8 Å². The third-order valence-electron chi connectivity index (χ3n) is 9.46. The molecule has 0 N–H and O–H groups in total. The molecular weight excluding hydrogens is 710 g/mol. The van der Waals surface area contributed by atoms with Crippen LogP contribution in [0, 0.1) is 11.6 Å². The van der Waals surface area contributed by atoms with Crippen molar-refractivity contribution in [3.05, 3.63) is 136 Å². The van der Waals surface area contributed by atoms with Crippen molar-refractivity contribution in [1.82, 2.24) is 14.4 Å². The van der Waals surface area contributed by atoms with Crippen molar-refractivity contribution in [2.45, 2.75) is 55.3 Å². The first-order valence-electron chi connectivity index (χ1n) is 18.6. The predicted molar refractivity (Wildman–Crippen MR) is 198 cm³/mol. The number of ether oxygens (including phenoxy) is 1. The van der Waals surface area contributed by atoms with Gasteiger partial charge in [-0.15, -0.1) is 11.8 Å². The molecule has 1 aliphatic rings. The third-order valence-corrected chi connectivity index (χ3v) is 10.5. The summed E-state index contributed by atoms with van der Waals surface area (Å²) in [5.41, 5.74) is 0.260. The average molecular weight is 753 g/mol. The van der Waals surface area contributed by atoms with E-state index in [0.717, 1.165) is 34.5 Å². The number of alkyl halides is 3. The normalized spacial score (nSPS) is 16.5. The lowest BCUT2D eigenvalue weighted by Gasteiger charge is -2.42. The fourth-order valence-electron chi connectivity index (χ4n) is 6.54.